The fourth-order valence-corrected chi connectivity index (χ4v) is 3.33. The number of hydrogen-bond donors (Lipinski definition) is 1. The lowest BCUT2D eigenvalue weighted by Gasteiger charge is -2.38. The van der Waals surface area contributed by atoms with Crippen molar-refractivity contribution in [2.24, 2.45) is 0 Å². The van der Waals surface area contributed by atoms with Crippen LogP contribution in [-0.4, -0.2) is 53.3 Å². The van der Waals surface area contributed by atoms with Crippen molar-refractivity contribution in [1.29, 1.82) is 0 Å². The second-order valence-corrected chi connectivity index (χ2v) is 6.86. The highest BCUT2D eigenvalue weighted by molar-refractivity contribution is 6.31. The largest absolute Gasteiger partial charge is 0.353 e. The first-order valence-corrected chi connectivity index (χ1v) is 8.97. The average Bonchev–Trinajstić information content (AvgIpc) is 2.56. The van der Waals surface area contributed by atoms with Crippen LogP contribution in [0.25, 0.3) is 0 Å². The Kier molecular flexibility index (Phi) is 6.79. The maximum atomic E-state index is 14.0. The predicted octanol–water partition coefficient (Wildman–Crippen LogP) is 2.43. The normalized spacial score (nSPS) is 18.3. The Morgan fingerprint density at radius 1 is 1.48 bits per heavy atom. The third kappa shape index (κ3) is 4.70. The minimum Gasteiger partial charge on any atom is -0.353 e. The number of amides is 2. The van der Waals surface area contributed by atoms with Crippen LogP contribution in [0.15, 0.2) is 18.2 Å². The highest BCUT2D eigenvalue weighted by atomic mass is 35.5. The van der Waals surface area contributed by atoms with Gasteiger partial charge >= 0.3 is 0 Å². The van der Waals surface area contributed by atoms with Crippen molar-refractivity contribution < 1.29 is 14.0 Å². The van der Waals surface area contributed by atoms with Gasteiger partial charge in [-0.2, -0.15) is 0 Å². The molecule has 0 aliphatic carbocycles. The molecule has 1 atom stereocenters. The van der Waals surface area contributed by atoms with Crippen LogP contribution in [-0.2, 0) is 16.1 Å². The van der Waals surface area contributed by atoms with E-state index in [4.69, 9.17) is 11.6 Å². The van der Waals surface area contributed by atoms with Crippen molar-refractivity contribution in [3.63, 3.8) is 0 Å². The van der Waals surface area contributed by atoms with Crippen molar-refractivity contribution in [3.8, 4) is 0 Å². The number of carbonyl (C=O) groups is 2. The number of hydrogen-bond acceptors (Lipinski definition) is 3. The highest BCUT2D eigenvalue weighted by Gasteiger charge is 2.34. The van der Waals surface area contributed by atoms with Crippen LogP contribution in [0.2, 0.25) is 5.02 Å². The molecule has 1 N–H and O–H groups in total. The Morgan fingerprint density at radius 2 is 2.20 bits per heavy atom. The predicted molar refractivity (Wildman–Crippen MR) is 95.8 cm³/mol. The first-order valence-electron chi connectivity index (χ1n) is 8.59. The van der Waals surface area contributed by atoms with Crippen molar-refractivity contribution in [1.82, 2.24) is 15.1 Å². The number of piperazine rings is 1. The summed E-state index contributed by atoms with van der Waals surface area (Å²) in [6, 6.07) is 4.14. The summed E-state index contributed by atoms with van der Waals surface area (Å²) in [7, 11) is 0. The summed E-state index contributed by atoms with van der Waals surface area (Å²) in [5.74, 6) is -0.749. The number of carbonyl (C=O) groups excluding carboxylic acids is 2. The van der Waals surface area contributed by atoms with Gasteiger partial charge in [0, 0.05) is 42.8 Å². The molecule has 2 amide bonds. The van der Waals surface area contributed by atoms with Gasteiger partial charge in [0.2, 0.25) is 11.8 Å². The van der Waals surface area contributed by atoms with Crippen molar-refractivity contribution in [3.05, 3.63) is 34.6 Å². The number of nitrogens with zero attached hydrogens (tertiary/aromatic N) is 2. The summed E-state index contributed by atoms with van der Waals surface area (Å²) in [6.45, 7) is 7.65. The summed E-state index contributed by atoms with van der Waals surface area (Å²) in [5, 5.41) is 3.11. The van der Waals surface area contributed by atoms with Crippen molar-refractivity contribution in [2.75, 3.05) is 19.6 Å². The second kappa shape index (κ2) is 8.63. The number of halogens is 2. The summed E-state index contributed by atoms with van der Waals surface area (Å²) in [4.78, 5) is 28.5. The Bertz CT molecular complexity index is 618. The minimum atomic E-state index is -0.494. The van der Waals surface area contributed by atoms with E-state index in [1.165, 1.54) is 17.0 Å². The monoisotopic (exact) mass is 369 g/mol. The molecule has 1 aromatic carbocycles. The first kappa shape index (κ1) is 19.7. The van der Waals surface area contributed by atoms with E-state index in [0.29, 0.717) is 30.2 Å². The van der Waals surface area contributed by atoms with Crippen LogP contribution < -0.4 is 5.32 Å². The molecule has 0 saturated carbocycles. The highest BCUT2D eigenvalue weighted by Crippen LogP contribution is 2.22. The van der Waals surface area contributed by atoms with Gasteiger partial charge in [-0.25, -0.2) is 4.39 Å². The molecule has 1 fully saturated rings. The Labute approximate surface area is 153 Å². The molecule has 25 heavy (non-hydrogen) atoms. The molecule has 1 saturated heterocycles. The Morgan fingerprint density at radius 3 is 2.80 bits per heavy atom. The third-order valence-electron chi connectivity index (χ3n) is 4.55. The van der Waals surface area contributed by atoms with Crippen LogP contribution in [0.5, 0.6) is 0 Å². The lowest BCUT2D eigenvalue weighted by atomic mass is 10.1. The third-order valence-corrected chi connectivity index (χ3v) is 4.90. The molecule has 138 valence electrons. The van der Waals surface area contributed by atoms with E-state index in [-0.39, 0.29) is 30.8 Å². The molecule has 0 spiro atoms. The zero-order valence-corrected chi connectivity index (χ0v) is 15.6. The molecule has 5 nitrogen and oxygen atoms in total. The topological polar surface area (TPSA) is 52.7 Å². The van der Waals surface area contributed by atoms with E-state index < -0.39 is 11.9 Å². The van der Waals surface area contributed by atoms with Crippen molar-refractivity contribution in [2.45, 2.75) is 45.8 Å². The van der Waals surface area contributed by atoms with Crippen LogP contribution in [0.4, 0.5) is 4.39 Å². The van der Waals surface area contributed by atoms with Crippen molar-refractivity contribution >= 4 is 23.4 Å². The molecule has 2 rings (SSSR count). The lowest BCUT2D eigenvalue weighted by Crippen LogP contribution is -2.58. The number of rotatable bonds is 6. The zero-order chi connectivity index (χ0) is 18.6. The van der Waals surface area contributed by atoms with Gasteiger partial charge in [-0.3, -0.25) is 14.5 Å². The van der Waals surface area contributed by atoms with Gasteiger partial charge in [-0.05, 0) is 32.9 Å². The molecular weight excluding hydrogens is 345 g/mol. The van der Waals surface area contributed by atoms with Crippen LogP contribution in [0.3, 0.4) is 0 Å². The lowest BCUT2D eigenvalue weighted by molar-refractivity contribution is -0.139. The van der Waals surface area contributed by atoms with Gasteiger partial charge in [0.25, 0.3) is 0 Å². The fourth-order valence-electron chi connectivity index (χ4n) is 3.11. The minimum absolute atomic E-state index is 0.0733. The van der Waals surface area contributed by atoms with E-state index in [0.717, 1.165) is 0 Å². The average molecular weight is 370 g/mol. The summed E-state index contributed by atoms with van der Waals surface area (Å²) in [5.41, 5.74) is 0.299. The second-order valence-electron chi connectivity index (χ2n) is 6.45. The Balaban J connectivity index is 2.12. The number of benzene rings is 1. The smallest absolute Gasteiger partial charge is 0.237 e. The van der Waals surface area contributed by atoms with E-state index >= 15 is 0 Å². The molecule has 0 bridgehead atoms. The quantitative estimate of drug-likeness (QED) is 0.837. The van der Waals surface area contributed by atoms with Gasteiger partial charge in [0.1, 0.15) is 5.82 Å². The molecule has 0 radical (unpaired) electrons. The number of nitrogens with one attached hydrogen (secondary N) is 1. The summed E-state index contributed by atoms with van der Waals surface area (Å²) >= 11 is 6.06. The van der Waals surface area contributed by atoms with Gasteiger partial charge in [0.15, 0.2) is 0 Å². The van der Waals surface area contributed by atoms with E-state index in [1.807, 2.05) is 25.7 Å². The summed E-state index contributed by atoms with van der Waals surface area (Å²) in [6.07, 6.45) is 0.0733. The summed E-state index contributed by atoms with van der Waals surface area (Å²) < 4.78 is 14.0. The van der Waals surface area contributed by atoms with E-state index in [1.54, 1.807) is 6.07 Å². The van der Waals surface area contributed by atoms with Gasteiger partial charge in [0.05, 0.1) is 12.5 Å². The van der Waals surface area contributed by atoms with Gasteiger partial charge < -0.3 is 10.2 Å². The molecule has 1 heterocycles. The zero-order valence-electron chi connectivity index (χ0n) is 14.9. The first-order chi connectivity index (χ1) is 11.8. The molecule has 0 aromatic heterocycles. The molecule has 1 aliphatic rings. The molecular formula is C18H25ClFN3O2. The van der Waals surface area contributed by atoms with E-state index in [2.05, 4.69) is 5.32 Å². The fraction of sp³-hybridized carbons (Fsp3) is 0.556. The molecule has 1 aromatic rings. The van der Waals surface area contributed by atoms with Gasteiger partial charge in [-0.15, -0.1) is 0 Å². The van der Waals surface area contributed by atoms with Crippen LogP contribution in [0.1, 0.15) is 32.8 Å². The standard InChI is InChI=1S/C18H25ClFN3O2/c1-4-22(11-13-14(19)6-5-7-15(13)20)17(24)10-16-18(25)21-8-9-23(16)12(2)3/h5-7,12,16H,4,8-11H2,1-3H3,(H,21,25). The van der Waals surface area contributed by atoms with Crippen LogP contribution >= 0.6 is 11.6 Å². The SMILES string of the molecule is CCN(Cc1c(F)cccc1Cl)C(=O)CC1C(=O)NCCN1C(C)C. The van der Waals surface area contributed by atoms with Gasteiger partial charge in [-0.1, -0.05) is 17.7 Å². The maximum absolute atomic E-state index is 14.0. The maximum Gasteiger partial charge on any atom is 0.237 e. The molecule has 1 unspecified atom stereocenters. The van der Waals surface area contributed by atoms with Crippen LogP contribution in [0, 0.1) is 5.82 Å². The molecule has 1 aliphatic heterocycles. The van der Waals surface area contributed by atoms with E-state index in [9.17, 15) is 14.0 Å². The molecule has 7 heteroatoms. The Hall–Kier alpha value is -1.66.